The normalized spacial score (nSPS) is 14.3. The average Bonchev–Trinajstić information content (AvgIpc) is 3.55. The first-order valence-electron chi connectivity index (χ1n) is 12.0. The fourth-order valence-electron chi connectivity index (χ4n) is 4.94. The van der Waals surface area contributed by atoms with Gasteiger partial charge in [-0.25, -0.2) is 9.50 Å². The summed E-state index contributed by atoms with van der Waals surface area (Å²) in [5.74, 6) is 0.907. The highest BCUT2D eigenvalue weighted by Crippen LogP contribution is 2.33. The van der Waals surface area contributed by atoms with Crippen molar-refractivity contribution in [3.8, 4) is 28.0 Å². The predicted molar refractivity (Wildman–Crippen MR) is 137 cm³/mol. The number of aryl methyl sites for hydroxylation is 1. The second-order valence-electron chi connectivity index (χ2n) is 9.07. The Hall–Kier alpha value is -3.70. The molecule has 3 heterocycles. The zero-order valence-corrected chi connectivity index (χ0v) is 19.4. The molecule has 0 atom stereocenters. The van der Waals surface area contributed by atoms with Crippen molar-refractivity contribution in [3.63, 3.8) is 0 Å². The second kappa shape index (κ2) is 8.92. The largest absolute Gasteiger partial charge is 0.492 e. The number of aromatic nitrogens is 3. The van der Waals surface area contributed by atoms with Gasteiger partial charge in [0.2, 0.25) is 0 Å². The highest BCUT2D eigenvalue weighted by molar-refractivity contribution is 6.01. The van der Waals surface area contributed by atoms with Crippen LogP contribution >= 0.6 is 0 Å². The SMILES string of the molecule is Cc1ccc(-c2cnn3cc(-c4ccc(OCCN5CCCC5)cc4)cnc23)c2ccccc12. The molecule has 0 aliphatic carbocycles. The average molecular weight is 449 g/mol. The molecule has 5 nitrogen and oxygen atoms in total. The molecule has 5 aromatic rings. The Morgan fingerprint density at radius 1 is 0.824 bits per heavy atom. The minimum absolute atomic E-state index is 0.733. The van der Waals surface area contributed by atoms with Gasteiger partial charge >= 0.3 is 0 Å². The van der Waals surface area contributed by atoms with Crippen molar-refractivity contribution in [1.82, 2.24) is 19.5 Å². The van der Waals surface area contributed by atoms with Gasteiger partial charge in [-0.3, -0.25) is 4.90 Å². The van der Waals surface area contributed by atoms with Gasteiger partial charge in [0.15, 0.2) is 5.65 Å². The van der Waals surface area contributed by atoms with Gasteiger partial charge in [-0.15, -0.1) is 0 Å². The fourth-order valence-corrected chi connectivity index (χ4v) is 4.94. The number of hydrogen-bond acceptors (Lipinski definition) is 4. The number of hydrogen-bond donors (Lipinski definition) is 0. The van der Waals surface area contributed by atoms with Crippen molar-refractivity contribution in [3.05, 3.63) is 84.8 Å². The van der Waals surface area contributed by atoms with Crippen LogP contribution in [0.5, 0.6) is 5.75 Å². The molecule has 0 bridgehead atoms. The minimum Gasteiger partial charge on any atom is -0.492 e. The molecular formula is C29H28N4O. The molecule has 0 radical (unpaired) electrons. The van der Waals surface area contributed by atoms with E-state index >= 15 is 0 Å². The van der Waals surface area contributed by atoms with Crippen LogP contribution in [0.4, 0.5) is 0 Å². The van der Waals surface area contributed by atoms with Crippen molar-refractivity contribution in [1.29, 1.82) is 0 Å². The zero-order valence-electron chi connectivity index (χ0n) is 19.4. The van der Waals surface area contributed by atoms with Gasteiger partial charge in [0, 0.05) is 30.1 Å². The molecule has 3 aromatic carbocycles. The number of likely N-dealkylation sites (tertiary alicyclic amines) is 1. The Morgan fingerprint density at radius 3 is 2.44 bits per heavy atom. The number of rotatable bonds is 6. The van der Waals surface area contributed by atoms with Crippen LogP contribution in [0, 0.1) is 6.92 Å². The van der Waals surface area contributed by atoms with E-state index in [1.807, 2.05) is 35.2 Å². The van der Waals surface area contributed by atoms with Crippen LogP contribution in [0.2, 0.25) is 0 Å². The lowest BCUT2D eigenvalue weighted by atomic mass is 9.97. The maximum atomic E-state index is 5.95. The monoisotopic (exact) mass is 448 g/mol. The van der Waals surface area contributed by atoms with E-state index in [4.69, 9.17) is 9.72 Å². The van der Waals surface area contributed by atoms with Gasteiger partial charge in [-0.2, -0.15) is 5.10 Å². The van der Waals surface area contributed by atoms with Gasteiger partial charge in [-0.05, 0) is 72.5 Å². The summed E-state index contributed by atoms with van der Waals surface area (Å²) >= 11 is 0. The summed E-state index contributed by atoms with van der Waals surface area (Å²) in [4.78, 5) is 7.27. The Morgan fingerprint density at radius 2 is 1.62 bits per heavy atom. The Bertz CT molecular complexity index is 1450. The Balaban J connectivity index is 1.24. The standard InChI is InChI=1S/C29H28N4O/c1-21-8-13-27(26-7-3-2-6-25(21)26)28-19-31-33-20-23(18-30-29(28)33)22-9-11-24(12-10-22)34-17-16-32-14-4-5-15-32/h2-3,6-13,18-20H,4-5,14-17H2,1H3. The molecule has 0 unspecified atom stereocenters. The van der Waals surface area contributed by atoms with Gasteiger partial charge < -0.3 is 4.74 Å². The zero-order chi connectivity index (χ0) is 22.9. The van der Waals surface area contributed by atoms with Gasteiger partial charge in [0.25, 0.3) is 0 Å². The highest BCUT2D eigenvalue weighted by atomic mass is 16.5. The van der Waals surface area contributed by atoms with Crippen LogP contribution in [0.1, 0.15) is 18.4 Å². The number of ether oxygens (including phenoxy) is 1. The van der Waals surface area contributed by atoms with Gasteiger partial charge in [0.1, 0.15) is 12.4 Å². The fraction of sp³-hybridized carbons (Fsp3) is 0.241. The molecule has 0 saturated carbocycles. The lowest BCUT2D eigenvalue weighted by Crippen LogP contribution is -2.25. The predicted octanol–water partition coefficient (Wildman–Crippen LogP) is 6.00. The van der Waals surface area contributed by atoms with Crippen molar-refractivity contribution >= 4 is 16.4 Å². The topological polar surface area (TPSA) is 42.7 Å². The third-order valence-corrected chi connectivity index (χ3v) is 6.85. The van der Waals surface area contributed by atoms with E-state index in [1.165, 1.54) is 42.3 Å². The van der Waals surface area contributed by atoms with Crippen LogP contribution in [-0.4, -0.2) is 45.7 Å². The first kappa shape index (κ1) is 20.9. The summed E-state index contributed by atoms with van der Waals surface area (Å²) in [6.45, 7) is 6.29. The molecule has 34 heavy (non-hydrogen) atoms. The van der Waals surface area contributed by atoms with Gasteiger partial charge in [0.05, 0.1) is 6.20 Å². The molecule has 0 spiro atoms. The molecule has 2 aromatic heterocycles. The molecule has 1 aliphatic rings. The first-order valence-corrected chi connectivity index (χ1v) is 12.0. The molecule has 170 valence electrons. The smallest absolute Gasteiger partial charge is 0.162 e. The van der Waals surface area contributed by atoms with Crippen molar-refractivity contribution in [2.24, 2.45) is 0 Å². The van der Waals surface area contributed by atoms with E-state index in [2.05, 4.69) is 65.5 Å². The maximum absolute atomic E-state index is 5.95. The summed E-state index contributed by atoms with van der Waals surface area (Å²) in [7, 11) is 0. The van der Waals surface area contributed by atoms with Crippen LogP contribution in [0.3, 0.4) is 0 Å². The Labute approximate surface area is 199 Å². The van der Waals surface area contributed by atoms with Crippen molar-refractivity contribution in [2.45, 2.75) is 19.8 Å². The second-order valence-corrected chi connectivity index (χ2v) is 9.07. The van der Waals surface area contributed by atoms with Crippen LogP contribution in [0.25, 0.3) is 38.7 Å². The van der Waals surface area contributed by atoms with E-state index < -0.39 is 0 Å². The van der Waals surface area contributed by atoms with E-state index in [0.29, 0.717) is 0 Å². The first-order chi connectivity index (χ1) is 16.8. The molecule has 5 heteroatoms. The van der Waals surface area contributed by atoms with Crippen molar-refractivity contribution < 1.29 is 4.74 Å². The summed E-state index contributed by atoms with van der Waals surface area (Å²) in [5, 5.41) is 7.12. The highest BCUT2D eigenvalue weighted by Gasteiger charge is 2.13. The van der Waals surface area contributed by atoms with Gasteiger partial charge in [-0.1, -0.05) is 48.5 Å². The van der Waals surface area contributed by atoms with Crippen molar-refractivity contribution in [2.75, 3.05) is 26.2 Å². The number of nitrogens with zero attached hydrogens (tertiary/aromatic N) is 4. The summed E-state index contributed by atoms with van der Waals surface area (Å²) in [6, 6.07) is 21.1. The van der Waals surface area contributed by atoms with E-state index in [1.54, 1.807) is 0 Å². The summed E-state index contributed by atoms with van der Waals surface area (Å²) in [6.07, 6.45) is 8.52. The third-order valence-electron chi connectivity index (χ3n) is 6.85. The molecule has 6 rings (SSSR count). The Kier molecular flexibility index (Phi) is 5.47. The molecular weight excluding hydrogens is 420 g/mol. The summed E-state index contributed by atoms with van der Waals surface area (Å²) in [5.41, 5.74) is 6.46. The van der Waals surface area contributed by atoms with E-state index in [9.17, 15) is 0 Å². The maximum Gasteiger partial charge on any atom is 0.162 e. The molecule has 1 fully saturated rings. The number of benzene rings is 3. The quantitative estimate of drug-likeness (QED) is 0.320. The van der Waals surface area contributed by atoms with Crippen LogP contribution in [0.15, 0.2) is 79.3 Å². The van der Waals surface area contributed by atoms with Crippen LogP contribution in [-0.2, 0) is 0 Å². The van der Waals surface area contributed by atoms with E-state index in [0.717, 1.165) is 46.8 Å². The van der Waals surface area contributed by atoms with E-state index in [-0.39, 0.29) is 0 Å². The lowest BCUT2D eigenvalue weighted by Gasteiger charge is -2.15. The number of fused-ring (bicyclic) bond motifs is 2. The third kappa shape index (κ3) is 3.93. The molecule has 0 amide bonds. The molecule has 1 aliphatic heterocycles. The molecule has 1 saturated heterocycles. The van der Waals surface area contributed by atoms with Crippen LogP contribution < -0.4 is 4.74 Å². The minimum atomic E-state index is 0.733. The summed E-state index contributed by atoms with van der Waals surface area (Å²) < 4.78 is 7.82. The molecule has 0 N–H and O–H groups in total. The lowest BCUT2D eigenvalue weighted by molar-refractivity contribution is 0.238.